The van der Waals surface area contributed by atoms with Gasteiger partial charge in [-0.3, -0.25) is 9.78 Å². The Morgan fingerprint density at radius 1 is 1.20 bits per heavy atom. The minimum absolute atomic E-state index is 0.0489. The lowest BCUT2D eigenvalue weighted by molar-refractivity contribution is 0.0620. The summed E-state index contributed by atoms with van der Waals surface area (Å²) in [5.41, 5.74) is 1.76. The number of piperidine rings is 3. The molecule has 1 atom stereocenters. The standard InChI is InChI=1S/C20H23N3OS/c1-14-19(3-2-10-21-14)25-17-6-4-16(5-7-17)20(24)22-18-13-23-11-8-15(18)9-12-23/h2-7,10,15,18H,8-9,11-13H2,1H3,(H,22,24)/t18-/m0/s1. The van der Waals surface area contributed by atoms with Crippen LogP contribution in [0.25, 0.3) is 0 Å². The number of amides is 1. The van der Waals surface area contributed by atoms with Crippen molar-refractivity contribution in [3.63, 3.8) is 0 Å². The fourth-order valence-corrected chi connectivity index (χ4v) is 4.63. The molecule has 3 aliphatic heterocycles. The van der Waals surface area contributed by atoms with Crippen LogP contribution in [0, 0.1) is 12.8 Å². The van der Waals surface area contributed by atoms with E-state index in [1.165, 1.54) is 25.9 Å². The van der Waals surface area contributed by atoms with Gasteiger partial charge in [-0.2, -0.15) is 0 Å². The van der Waals surface area contributed by atoms with E-state index >= 15 is 0 Å². The van der Waals surface area contributed by atoms with Crippen LogP contribution in [0.4, 0.5) is 0 Å². The zero-order chi connectivity index (χ0) is 17.2. The summed E-state index contributed by atoms with van der Waals surface area (Å²) in [6.07, 6.45) is 4.23. The van der Waals surface area contributed by atoms with Crippen LogP contribution in [0.2, 0.25) is 0 Å². The molecule has 0 aliphatic carbocycles. The van der Waals surface area contributed by atoms with Crippen molar-refractivity contribution in [2.24, 2.45) is 5.92 Å². The molecule has 1 aromatic carbocycles. The van der Waals surface area contributed by atoms with Gasteiger partial charge in [-0.15, -0.1) is 0 Å². The molecule has 4 heterocycles. The molecule has 3 aliphatic rings. The van der Waals surface area contributed by atoms with Crippen molar-refractivity contribution in [3.8, 4) is 0 Å². The van der Waals surface area contributed by atoms with E-state index < -0.39 is 0 Å². The second kappa shape index (κ2) is 7.18. The first-order chi connectivity index (χ1) is 12.2. The average Bonchev–Trinajstić information content (AvgIpc) is 2.65. The van der Waals surface area contributed by atoms with Gasteiger partial charge in [0.25, 0.3) is 5.91 Å². The number of aromatic nitrogens is 1. The molecule has 5 heteroatoms. The Kier molecular flexibility index (Phi) is 4.77. The van der Waals surface area contributed by atoms with E-state index in [0.29, 0.717) is 12.0 Å². The van der Waals surface area contributed by atoms with Gasteiger partial charge in [0.1, 0.15) is 0 Å². The van der Waals surface area contributed by atoms with Gasteiger partial charge in [0.15, 0.2) is 0 Å². The van der Waals surface area contributed by atoms with Gasteiger partial charge in [-0.25, -0.2) is 0 Å². The van der Waals surface area contributed by atoms with Crippen LogP contribution >= 0.6 is 11.8 Å². The van der Waals surface area contributed by atoms with Crippen LogP contribution in [-0.4, -0.2) is 41.5 Å². The fraction of sp³-hybridized carbons (Fsp3) is 0.400. The summed E-state index contributed by atoms with van der Waals surface area (Å²) < 4.78 is 0. The molecule has 0 spiro atoms. The monoisotopic (exact) mass is 353 g/mol. The number of hydrogen-bond acceptors (Lipinski definition) is 4. The molecule has 0 radical (unpaired) electrons. The Balaban J connectivity index is 1.40. The first-order valence-corrected chi connectivity index (χ1v) is 9.73. The Hall–Kier alpha value is -1.85. The average molecular weight is 353 g/mol. The van der Waals surface area contributed by atoms with E-state index in [4.69, 9.17) is 0 Å². The summed E-state index contributed by atoms with van der Waals surface area (Å²) in [5, 5.41) is 3.25. The second-order valence-corrected chi connectivity index (χ2v) is 8.05. The molecule has 0 saturated carbocycles. The quantitative estimate of drug-likeness (QED) is 0.915. The molecule has 4 nitrogen and oxygen atoms in total. The SMILES string of the molecule is Cc1ncccc1Sc1ccc(C(=O)N[C@H]2CN3CCC2CC3)cc1. The largest absolute Gasteiger partial charge is 0.348 e. The third kappa shape index (κ3) is 3.72. The zero-order valence-corrected chi connectivity index (χ0v) is 15.3. The van der Waals surface area contributed by atoms with Crippen LogP contribution in [0.3, 0.4) is 0 Å². The third-order valence-corrected chi connectivity index (χ3v) is 6.43. The first-order valence-electron chi connectivity index (χ1n) is 8.92. The molecule has 5 rings (SSSR count). The number of pyridine rings is 1. The van der Waals surface area contributed by atoms with Crippen molar-refractivity contribution >= 4 is 17.7 Å². The van der Waals surface area contributed by atoms with E-state index in [0.717, 1.165) is 27.6 Å². The van der Waals surface area contributed by atoms with E-state index in [2.05, 4.69) is 21.3 Å². The van der Waals surface area contributed by atoms with Crippen molar-refractivity contribution in [2.75, 3.05) is 19.6 Å². The Bertz CT molecular complexity index is 754. The lowest BCUT2D eigenvalue weighted by Crippen LogP contribution is -2.57. The Morgan fingerprint density at radius 3 is 2.60 bits per heavy atom. The summed E-state index contributed by atoms with van der Waals surface area (Å²) in [7, 11) is 0. The molecule has 1 amide bonds. The Morgan fingerprint density at radius 2 is 1.96 bits per heavy atom. The normalized spacial score (nSPS) is 24.9. The highest BCUT2D eigenvalue weighted by Gasteiger charge is 2.34. The summed E-state index contributed by atoms with van der Waals surface area (Å²) in [4.78, 5) is 21.6. The van der Waals surface area contributed by atoms with E-state index in [-0.39, 0.29) is 5.91 Å². The number of rotatable bonds is 4. The molecule has 130 valence electrons. The van der Waals surface area contributed by atoms with Crippen LogP contribution in [0.5, 0.6) is 0 Å². The number of fused-ring (bicyclic) bond motifs is 3. The van der Waals surface area contributed by atoms with Gasteiger partial charge in [0.2, 0.25) is 0 Å². The van der Waals surface area contributed by atoms with Crippen LogP contribution in [0.15, 0.2) is 52.4 Å². The molecule has 3 fully saturated rings. The number of carbonyl (C=O) groups is 1. The maximum Gasteiger partial charge on any atom is 0.251 e. The molecule has 25 heavy (non-hydrogen) atoms. The predicted octanol–water partition coefficient (Wildman–Crippen LogP) is 3.37. The highest BCUT2D eigenvalue weighted by molar-refractivity contribution is 7.99. The zero-order valence-electron chi connectivity index (χ0n) is 14.4. The van der Waals surface area contributed by atoms with Crippen molar-refractivity contribution in [1.82, 2.24) is 15.2 Å². The molecule has 3 saturated heterocycles. The van der Waals surface area contributed by atoms with E-state index in [1.54, 1.807) is 18.0 Å². The number of hydrogen-bond donors (Lipinski definition) is 1. The highest BCUT2D eigenvalue weighted by Crippen LogP contribution is 2.30. The van der Waals surface area contributed by atoms with Crippen molar-refractivity contribution in [1.29, 1.82) is 0 Å². The van der Waals surface area contributed by atoms with Gasteiger partial charge in [0, 0.05) is 34.1 Å². The fourth-order valence-electron chi connectivity index (χ4n) is 3.76. The summed E-state index contributed by atoms with van der Waals surface area (Å²) in [5.74, 6) is 0.699. The predicted molar refractivity (Wildman–Crippen MR) is 100.0 cm³/mol. The number of nitrogens with zero attached hydrogens (tertiary/aromatic N) is 2. The second-order valence-electron chi connectivity index (χ2n) is 6.93. The minimum Gasteiger partial charge on any atom is -0.348 e. The molecule has 1 N–H and O–H groups in total. The van der Waals surface area contributed by atoms with Gasteiger partial charge in [-0.1, -0.05) is 11.8 Å². The molecule has 0 unspecified atom stereocenters. The van der Waals surface area contributed by atoms with Gasteiger partial charge in [0.05, 0.1) is 5.69 Å². The molecule has 2 aromatic rings. The first kappa shape index (κ1) is 16.6. The lowest BCUT2D eigenvalue weighted by atomic mass is 9.84. The van der Waals surface area contributed by atoms with Gasteiger partial charge < -0.3 is 10.2 Å². The van der Waals surface area contributed by atoms with Crippen LogP contribution in [0.1, 0.15) is 28.9 Å². The molecule has 1 aromatic heterocycles. The number of carbonyl (C=O) groups excluding carboxylic acids is 1. The number of nitrogens with one attached hydrogen (secondary N) is 1. The van der Waals surface area contributed by atoms with Crippen molar-refractivity contribution in [2.45, 2.75) is 35.6 Å². The highest BCUT2D eigenvalue weighted by atomic mass is 32.2. The summed E-state index contributed by atoms with van der Waals surface area (Å²) in [6.45, 7) is 5.40. The number of aryl methyl sites for hydroxylation is 1. The van der Waals surface area contributed by atoms with E-state index in [1.807, 2.05) is 37.3 Å². The van der Waals surface area contributed by atoms with Crippen molar-refractivity contribution in [3.05, 3.63) is 53.9 Å². The molecular weight excluding hydrogens is 330 g/mol. The molecular formula is C20H23N3OS. The lowest BCUT2D eigenvalue weighted by Gasteiger charge is -2.44. The summed E-state index contributed by atoms with van der Waals surface area (Å²) in [6, 6.07) is 12.2. The topological polar surface area (TPSA) is 45.2 Å². The van der Waals surface area contributed by atoms with Gasteiger partial charge >= 0.3 is 0 Å². The smallest absolute Gasteiger partial charge is 0.251 e. The molecule has 2 bridgehead atoms. The summed E-state index contributed by atoms with van der Waals surface area (Å²) >= 11 is 1.68. The Labute approximate surface area is 153 Å². The maximum absolute atomic E-state index is 12.6. The van der Waals surface area contributed by atoms with Crippen LogP contribution < -0.4 is 5.32 Å². The van der Waals surface area contributed by atoms with Crippen LogP contribution in [-0.2, 0) is 0 Å². The minimum atomic E-state index is 0.0489. The van der Waals surface area contributed by atoms with Gasteiger partial charge in [-0.05, 0) is 75.2 Å². The maximum atomic E-state index is 12.6. The van der Waals surface area contributed by atoms with E-state index in [9.17, 15) is 4.79 Å². The number of benzene rings is 1. The van der Waals surface area contributed by atoms with Crippen molar-refractivity contribution < 1.29 is 4.79 Å². The third-order valence-electron chi connectivity index (χ3n) is 5.28.